The number of phenolic OH excluding ortho intramolecular Hbond substituents is 1. The number of hydrogen-bond donors (Lipinski definition) is 5. The van der Waals surface area contributed by atoms with Crippen LogP contribution in [-0.4, -0.2) is 174 Å². The molecule has 4 aliphatic heterocycles. The van der Waals surface area contributed by atoms with Crippen molar-refractivity contribution in [2.75, 3.05) is 73.6 Å². The van der Waals surface area contributed by atoms with Gasteiger partial charge >= 0.3 is 63.4 Å². The second-order valence-electron chi connectivity index (χ2n) is 18.5. The number of Topliss-reactive ketones (excluding diaryl/α,β-unsaturated/α-hetero) is 1. The van der Waals surface area contributed by atoms with Gasteiger partial charge in [-0.05, 0) is 41.7 Å². The average molecular weight is 1110 g/mol. The molecule has 0 saturated carbocycles. The van der Waals surface area contributed by atoms with E-state index in [2.05, 4.69) is 21.7 Å². The van der Waals surface area contributed by atoms with Gasteiger partial charge < -0.3 is 77.8 Å². The number of aliphatic carboxylic acids is 1. The molecule has 5 aliphatic rings. The predicted octanol–water partition coefficient (Wildman–Crippen LogP) is -0.672. The van der Waals surface area contributed by atoms with E-state index in [9.17, 15) is 44.4 Å². The van der Waals surface area contributed by atoms with E-state index in [1.165, 1.54) is 37.1 Å². The SMILES string of the molecule is COc1c2c(c(O)c3c4[c-]c(cc13)CC[C-]1C(O)(CNC(=O)OCc3ccc(OC5CC(O)CC(C(=O)O)O5)c(-n5cc(COCCOCCOCCOCCN6C(=O)C=CC6=O)nn5)c3)O[CH-]C1(OC)O4)C(=O)CCC2.[K+]. The van der Waals surface area contributed by atoms with Crippen molar-refractivity contribution in [3.05, 3.63) is 89.2 Å². The van der Waals surface area contributed by atoms with Crippen LogP contribution in [-0.2, 0) is 78.3 Å². The molecule has 5 atom stereocenters. The number of aryl methyl sites for hydroxylation is 1. The number of amides is 3. The Morgan fingerprint density at radius 2 is 1.69 bits per heavy atom. The van der Waals surface area contributed by atoms with Gasteiger partial charge in [0, 0.05) is 62.2 Å². The topological polar surface area (TPSA) is 314 Å². The molecule has 2 bridgehead atoms. The number of aromatic nitrogens is 3. The fraction of sp³-hybridized carbons (Fsp3) is 0.481. The standard InChI is InChI=1S/C52H58N5O20.K/c1-67-48-34-4-3-5-37(59)45(34)47(62)46-35(48)20-30-7-9-41-51(66,74-29-52(41,68-2)77-39(46)22-30)28-53-50(65)73-26-31-6-8-38(75-44-24-33(58)23-40(76-44)49(63)64)36(21-31)57-25-32(54-55-57)27-72-19-18-71-17-16-70-15-14-69-13-12-56-42(60)10-11-43(56)61;/h6,8,10-11,20-21,25,29,33,40,44,58,62,66H,3-5,7,9,12-19,23-24,26-28H2,1-2H3,(H,53,65)(H,63,64);/q-3;+1. The van der Waals surface area contributed by atoms with Crippen molar-refractivity contribution in [1.29, 1.82) is 0 Å². The van der Waals surface area contributed by atoms with Crippen LogP contribution in [0.3, 0.4) is 0 Å². The van der Waals surface area contributed by atoms with Crippen LogP contribution in [0, 0.1) is 18.6 Å². The molecule has 2 fully saturated rings. The molecule has 3 aromatic carbocycles. The molecule has 3 amide bonds. The van der Waals surface area contributed by atoms with Gasteiger partial charge in [0.1, 0.15) is 29.5 Å². The molecule has 1 aliphatic carbocycles. The quantitative estimate of drug-likeness (QED) is 0.0251. The summed E-state index contributed by atoms with van der Waals surface area (Å²) in [6.45, 7) is 2.42. The first kappa shape index (κ1) is 59.0. The molecule has 5 N–H and O–H groups in total. The normalized spacial score (nSPS) is 22.8. The number of rotatable bonds is 24. The molecule has 25 nitrogen and oxygen atoms in total. The summed E-state index contributed by atoms with van der Waals surface area (Å²) in [5, 5.41) is 55.3. The van der Waals surface area contributed by atoms with Crippen molar-refractivity contribution < 1.29 is 148 Å². The molecule has 78 heavy (non-hydrogen) atoms. The monoisotopic (exact) mass is 1110 g/mol. The van der Waals surface area contributed by atoms with Crippen LogP contribution in [0.2, 0.25) is 0 Å². The maximum atomic E-state index is 13.3. The van der Waals surface area contributed by atoms with Gasteiger partial charge in [0.15, 0.2) is 11.9 Å². The minimum atomic E-state index is -2.16. The van der Waals surface area contributed by atoms with Crippen molar-refractivity contribution in [2.45, 2.75) is 88.2 Å². The Balaban J connectivity index is 0.00000803. The van der Waals surface area contributed by atoms with Gasteiger partial charge in [0.05, 0.1) is 90.1 Å². The van der Waals surface area contributed by atoms with E-state index in [4.69, 9.17) is 52.1 Å². The number of aliphatic hydroxyl groups excluding tert-OH is 1. The zero-order chi connectivity index (χ0) is 54.3. The number of benzene rings is 3. The van der Waals surface area contributed by atoms with Gasteiger partial charge in [-0.3, -0.25) is 19.3 Å². The number of ketones is 1. The Bertz CT molecular complexity index is 2870. The van der Waals surface area contributed by atoms with E-state index < -0.39 is 48.7 Å². The first-order valence-electron chi connectivity index (χ1n) is 24.9. The summed E-state index contributed by atoms with van der Waals surface area (Å²) in [6.07, 6.45) is 1.35. The Morgan fingerprint density at radius 1 is 0.962 bits per heavy atom. The van der Waals surface area contributed by atoms with Crippen LogP contribution in [0.5, 0.6) is 23.0 Å². The first-order valence-corrected chi connectivity index (χ1v) is 24.9. The second kappa shape index (κ2) is 26.4. The van der Waals surface area contributed by atoms with Gasteiger partial charge in [0.25, 0.3) is 11.8 Å². The number of fused-ring (bicyclic) bond motifs is 6. The van der Waals surface area contributed by atoms with Crippen molar-refractivity contribution >= 4 is 40.4 Å². The Kier molecular flexibility index (Phi) is 20.0. The number of aliphatic hydroxyl groups is 2. The number of alkyl carbamates (subject to hydrolysis) is 1. The minimum Gasteiger partial charge on any atom is -0.547 e. The van der Waals surface area contributed by atoms with E-state index in [0.29, 0.717) is 72.6 Å². The minimum absolute atomic E-state index is 0. The number of ether oxygens (including phenoxy) is 11. The van der Waals surface area contributed by atoms with E-state index in [-0.39, 0.29) is 181 Å². The molecule has 4 aromatic rings. The van der Waals surface area contributed by atoms with Crippen LogP contribution >= 0.6 is 0 Å². The number of imide groups is 1. The van der Waals surface area contributed by atoms with E-state index >= 15 is 0 Å². The van der Waals surface area contributed by atoms with Gasteiger partial charge in [0.2, 0.25) is 6.29 Å². The Morgan fingerprint density at radius 3 is 2.41 bits per heavy atom. The van der Waals surface area contributed by atoms with E-state index in [0.717, 1.165) is 11.5 Å². The van der Waals surface area contributed by atoms with Gasteiger partial charge in [-0.15, -0.1) is 11.2 Å². The number of hydrogen-bond acceptors (Lipinski definition) is 21. The van der Waals surface area contributed by atoms with E-state index in [1.54, 1.807) is 24.4 Å². The van der Waals surface area contributed by atoms with Crippen molar-refractivity contribution in [3.63, 3.8) is 0 Å². The van der Waals surface area contributed by atoms with E-state index in [1.807, 2.05) is 0 Å². The third-order valence-electron chi connectivity index (χ3n) is 13.4. The smallest absolute Gasteiger partial charge is 0.547 e. The number of carbonyl (C=O) groups is 5. The van der Waals surface area contributed by atoms with Gasteiger partial charge in [-0.2, -0.15) is 24.7 Å². The summed E-state index contributed by atoms with van der Waals surface area (Å²) in [4.78, 5) is 62.5. The van der Waals surface area contributed by atoms with Crippen LogP contribution in [0.4, 0.5) is 4.79 Å². The third-order valence-corrected chi connectivity index (χ3v) is 13.4. The first-order chi connectivity index (χ1) is 37.2. The number of phenols is 1. The summed E-state index contributed by atoms with van der Waals surface area (Å²) in [6, 6.07) is 9.72. The van der Waals surface area contributed by atoms with Crippen molar-refractivity contribution in [3.8, 4) is 28.7 Å². The number of aromatic hydroxyl groups is 1. The molecule has 0 radical (unpaired) electrons. The molecular weight excluding hydrogens is 1050 g/mol. The maximum absolute atomic E-state index is 13.3. The van der Waals surface area contributed by atoms with Gasteiger partial charge in [-0.25, -0.2) is 20.2 Å². The summed E-state index contributed by atoms with van der Waals surface area (Å²) in [5.41, 5.74) is 2.59. The molecule has 5 heterocycles. The maximum Gasteiger partial charge on any atom is 1.00 e. The molecular formula is C52H58KN5O20-2. The number of carboxylic acids is 1. The predicted molar refractivity (Wildman–Crippen MR) is 260 cm³/mol. The largest absolute Gasteiger partial charge is 1.00 e. The summed E-state index contributed by atoms with van der Waals surface area (Å²) in [5.74, 6) is -5.60. The summed E-state index contributed by atoms with van der Waals surface area (Å²) >= 11 is 0. The summed E-state index contributed by atoms with van der Waals surface area (Å²) in [7, 11) is 2.85. The second-order valence-corrected chi connectivity index (χ2v) is 18.5. The molecule has 2 saturated heterocycles. The number of carbonyl (C=O) groups excluding carboxylic acids is 4. The Labute approximate surface area is 489 Å². The van der Waals surface area contributed by atoms with Gasteiger partial charge in [-0.1, -0.05) is 23.1 Å². The fourth-order valence-corrected chi connectivity index (χ4v) is 9.61. The molecule has 9 rings (SSSR count). The van der Waals surface area contributed by atoms with Crippen LogP contribution < -0.4 is 70.9 Å². The van der Waals surface area contributed by atoms with Crippen LogP contribution in [0.15, 0.2) is 42.6 Å². The average Bonchev–Trinajstić information content (AvgIpc) is 4.22. The Hall–Kier alpha value is -5.17. The van der Waals surface area contributed by atoms with Crippen molar-refractivity contribution in [1.82, 2.24) is 25.2 Å². The summed E-state index contributed by atoms with van der Waals surface area (Å²) < 4.78 is 64.9. The molecule has 5 unspecified atom stereocenters. The van der Waals surface area contributed by atoms with Crippen LogP contribution in [0.25, 0.3) is 16.5 Å². The van der Waals surface area contributed by atoms with Crippen molar-refractivity contribution in [2.24, 2.45) is 0 Å². The number of nitrogens with one attached hydrogen (secondary N) is 1. The molecule has 0 spiro atoms. The molecule has 26 heteroatoms. The number of methoxy groups -OCH3 is 2. The molecule has 414 valence electrons. The zero-order valence-electron chi connectivity index (χ0n) is 43.2. The number of nitrogens with zero attached hydrogens (tertiary/aromatic N) is 4. The zero-order valence-corrected chi connectivity index (χ0v) is 46.3. The molecule has 1 aromatic heterocycles. The van der Waals surface area contributed by atoms with Crippen LogP contribution in [0.1, 0.15) is 64.8 Å². The number of carboxylic acid groups (broad SMARTS) is 1. The third kappa shape index (κ3) is 13.4. The fourth-order valence-electron chi connectivity index (χ4n) is 9.61.